The molecule has 0 aromatic heterocycles. The molecular formula is C14H24N2O3. The molecule has 1 rings (SSSR count). The molecule has 1 aliphatic rings. The zero-order valence-electron chi connectivity index (χ0n) is 11.9. The number of nitriles is 1. The summed E-state index contributed by atoms with van der Waals surface area (Å²) in [5.41, 5.74) is -0.890. The Kier molecular flexibility index (Phi) is 6.82. The third kappa shape index (κ3) is 4.48. The predicted molar refractivity (Wildman–Crippen MR) is 71.4 cm³/mol. The van der Waals surface area contributed by atoms with Gasteiger partial charge in [0.25, 0.3) is 0 Å². The molecule has 1 fully saturated rings. The molecule has 0 radical (unpaired) electrons. The Balaban J connectivity index is 2.53. The van der Waals surface area contributed by atoms with Crippen LogP contribution in [0.15, 0.2) is 0 Å². The van der Waals surface area contributed by atoms with Crippen LogP contribution in [0.2, 0.25) is 0 Å². The average Bonchev–Trinajstić information content (AvgIpc) is 2.45. The molecule has 0 aromatic rings. The molecule has 0 bridgehead atoms. The smallest absolute Gasteiger partial charge is 0.240 e. The molecule has 5 nitrogen and oxygen atoms in total. The molecule has 108 valence electrons. The van der Waals surface area contributed by atoms with Crippen molar-refractivity contribution in [1.29, 1.82) is 5.26 Å². The van der Waals surface area contributed by atoms with E-state index in [1.807, 2.05) is 13.8 Å². The third-order valence-corrected chi connectivity index (χ3v) is 3.38. The van der Waals surface area contributed by atoms with E-state index in [1.165, 1.54) is 0 Å². The van der Waals surface area contributed by atoms with Crippen molar-refractivity contribution >= 4 is 5.91 Å². The minimum absolute atomic E-state index is 0.0997. The summed E-state index contributed by atoms with van der Waals surface area (Å²) in [5, 5.41) is 12.2. The highest BCUT2D eigenvalue weighted by Crippen LogP contribution is 2.29. The van der Waals surface area contributed by atoms with Crippen molar-refractivity contribution in [3.8, 4) is 6.07 Å². The van der Waals surface area contributed by atoms with E-state index in [9.17, 15) is 10.1 Å². The first kappa shape index (κ1) is 15.9. The molecule has 1 saturated heterocycles. The summed E-state index contributed by atoms with van der Waals surface area (Å²) in [5.74, 6) is -0.173. The first-order valence-corrected chi connectivity index (χ1v) is 7.07. The lowest BCUT2D eigenvalue weighted by Crippen LogP contribution is -2.45. The maximum absolute atomic E-state index is 12.3. The number of rotatable bonds is 7. The van der Waals surface area contributed by atoms with E-state index >= 15 is 0 Å². The Hall–Kier alpha value is -1.12. The van der Waals surface area contributed by atoms with Gasteiger partial charge < -0.3 is 14.8 Å². The molecule has 0 spiro atoms. The number of carbonyl (C=O) groups is 1. The lowest BCUT2D eigenvalue weighted by atomic mass is 9.80. The van der Waals surface area contributed by atoms with Crippen LogP contribution in [0.1, 0.15) is 39.5 Å². The first-order chi connectivity index (χ1) is 9.18. The van der Waals surface area contributed by atoms with Crippen LogP contribution < -0.4 is 5.32 Å². The fourth-order valence-corrected chi connectivity index (χ4v) is 2.40. The van der Waals surface area contributed by atoms with E-state index < -0.39 is 5.41 Å². The van der Waals surface area contributed by atoms with Gasteiger partial charge in [-0.1, -0.05) is 26.7 Å². The number of ether oxygens (including phenoxy) is 2. The van der Waals surface area contributed by atoms with Crippen molar-refractivity contribution in [3.63, 3.8) is 0 Å². The van der Waals surface area contributed by atoms with E-state index in [1.54, 1.807) is 0 Å². The minimum atomic E-state index is -0.890. The molecule has 1 heterocycles. The molecule has 1 amide bonds. The summed E-state index contributed by atoms with van der Waals surface area (Å²) in [6.45, 7) is 6.07. The number of amides is 1. The van der Waals surface area contributed by atoms with Crippen molar-refractivity contribution < 1.29 is 14.3 Å². The van der Waals surface area contributed by atoms with Crippen molar-refractivity contribution in [2.24, 2.45) is 5.41 Å². The van der Waals surface area contributed by atoms with Crippen molar-refractivity contribution in [2.45, 2.75) is 45.6 Å². The average molecular weight is 268 g/mol. The first-order valence-electron chi connectivity index (χ1n) is 7.07. The van der Waals surface area contributed by atoms with Crippen LogP contribution in [0.5, 0.6) is 0 Å². The van der Waals surface area contributed by atoms with E-state index in [2.05, 4.69) is 11.4 Å². The Labute approximate surface area is 115 Å². The van der Waals surface area contributed by atoms with Gasteiger partial charge in [-0.25, -0.2) is 0 Å². The predicted octanol–water partition coefficient (Wildman–Crippen LogP) is 1.63. The second-order valence-electron chi connectivity index (χ2n) is 4.97. The van der Waals surface area contributed by atoms with Crippen LogP contribution in [-0.4, -0.2) is 38.4 Å². The quantitative estimate of drug-likeness (QED) is 0.761. The molecular weight excluding hydrogens is 244 g/mol. The van der Waals surface area contributed by atoms with Crippen molar-refractivity contribution in [1.82, 2.24) is 5.32 Å². The van der Waals surface area contributed by atoms with Gasteiger partial charge in [-0.2, -0.15) is 5.26 Å². The number of nitrogens with zero attached hydrogens (tertiary/aromatic N) is 1. The summed E-state index contributed by atoms with van der Waals surface area (Å²) in [4.78, 5) is 12.3. The van der Waals surface area contributed by atoms with Gasteiger partial charge >= 0.3 is 0 Å². The van der Waals surface area contributed by atoms with Gasteiger partial charge in [0.1, 0.15) is 5.41 Å². The molecule has 0 aromatic carbocycles. The van der Waals surface area contributed by atoms with Gasteiger partial charge in [-0.3, -0.25) is 4.79 Å². The molecule has 1 aliphatic heterocycles. The SMILES string of the molecule is CCCC(C#N)(CCC)C(=O)NCC1COCCO1. The van der Waals surface area contributed by atoms with Gasteiger partial charge in [0, 0.05) is 6.54 Å². The van der Waals surface area contributed by atoms with E-state index in [4.69, 9.17) is 9.47 Å². The molecule has 1 unspecified atom stereocenters. The number of hydrogen-bond donors (Lipinski definition) is 1. The Bertz CT molecular complexity index is 313. The van der Waals surface area contributed by atoms with Crippen molar-refractivity contribution in [2.75, 3.05) is 26.4 Å². The molecule has 1 atom stereocenters. The number of carbonyl (C=O) groups excluding carboxylic acids is 1. The minimum Gasteiger partial charge on any atom is -0.376 e. The highest BCUT2D eigenvalue weighted by atomic mass is 16.6. The number of hydrogen-bond acceptors (Lipinski definition) is 4. The van der Waals surface area contributed by atoms with Gasteiger partial charge in [0.05, 0.1) is 32.0 Å². The van der Waals surface area contributed by atoms with Crippen LogP contribution in [0, 0.1) is 16.7 Å². The van der Waals surface area contributed by atoms with E-state index in [-0.39, 0.29) is 12.0 Å². The largest absolute Gasteiger partial charge is 0.376 e. The van der Waals surface area contributed by atoms with Crippen LogP contribution >= 0.6 is 0 Å². The van der Waals surface area contributed by atoms with Crippen LogP contribution in [0.25, 0.3) is 0 Å². The fraction of sp³-hybridized carbons (Fsp3) is 0.857. The highest BCUT2D eigenvalue weighted by molar-refractivity contribution is 5.85. The topological polar surface area (TPSA) is 71.4 Å². The maximum atomic E-state index is 12.3. The lowest BCUT2D eigenvalue weighted by molar-refractivity contribution is -0.131. The summed E-state index contributed by atoms with van der Waals surface area (Å²) >= 11 is 0. The van der Waals surface area contributed by atoms with Crippen LogP contribution in [0.3, 0.4) is 0 Å². The van der Waals surface area contributed by atoms with Crippen molar-refractivity contribution in [3.05, 3.63) is 0 Å². The molecule has 5 heteroatoms. The molecule has 1 N–H and O–H groups in total. The lowest BCUT2D eigenvalue weighted by Gasteiger charge is -2.27. The van der Waals surface area contributed by atoms with Crippen LogP contribution in [0.4, 0.5) is 0 Å². The normalized spacial score (nSPS) is 19.7. The zero-order valence-corrected chi connectivity index (χ0v) is 11.9. The van der Waals surface area contributed by atoms with Gasteiger partial charge in [-0.15, -0.1) is 0 Å². The van der Waals surface area contributed by atoms with Gasteiger partial charge in [0.15, 0.2) is 0 Å². The van der Waals surface area contributed by atoms with Gasteiger partial charge in [-0.05, 0) is 12.8 Å². The standard InChI is InChI=1S/C14H24N2O3/c1-3-5-14(11-15,6-4-2)13(17)16-9-12-10-18-7-8-19-12/h12H,3-10H2,1-2H3,(H,16,17). The highest BCUT2D eigenvalue weighted by Gasteiger charge is 2.37. The zero-order chi connectivity index (χ0) is 14.1. The molecule has 0 saturated carbocycles. The molecule has 0 aliphatic carbocycles. The Morgan fingerprint density at radius 3 is 2.53 bits per heavy atom. The second-order valence-corrected chi connectivity index (χ2v) is 4.97. The van der Waals surface area contributed by atoms with E-state index in [0.717, 1.165) is 12.8 Å². The third-order valence-electron chi connectivity index (χ3n) is 3.38. The second kappa shape index (κ2) is 8.13. The summed E-state index contributed by atoms with van der Waals surface area (Å²) in [7, 11) is 0. The summed E-state index contributed by atoms with van der Waals surface area (Å²) in [6, 6.07) is 2.22. The molecule has 19 heavy (non-hydrogen) atoms. The summed E-state index contributed by atoms with van der Waals surface area (Å²) < 4.78 is 10.8. The monoisotopic (exact) mass is 268 g/mol. The van der Waals surface area contributed by atoms with E-state index in [0.29, 0.717) is 39.2 Å². The van der Waals surface area contributed by atoms with Crippen LogP contribution in [-0.2, 0) is 14.3 Å². The number of nitrogens with one attached hydrogen (secondary N) is 1. The van der Waals surface area contributed by atoms with Gasteiger partial charge in [0.2, 0.25) is 5.91 Å². The Morgan fingerprint density at radius 2 is 2.05 bits per heavy atom. The maximum Gasteiger partial charge on any atom is 0.240 e. The fourth-order valence-electron chi connectivity index (χ4n) is 2.40. The summed E-state index contributed by atoms with van der Waals surface area (Å²) in [6.07, 6.45) is 2.75. The Morgan fingerprint density at radius 1 is 1.37 bits per heavy atom.